The lowest BCUT2D eigenvalue weighted by atomic mass is 9.95. The van der Waals surface area contributed by atoms with Crippen molar-refractivity contribution in [3.63, 3.8) is 0 Å². The average molecular weight is 328 g/mol. The highest BCUT2D eigenvalue weighted by Gasteiger charge is 2.22. The first-order valence-electron chi connectivity index (χ1n) is 9.06. The second-order valence-corrected chi connectivity index (χ2v) is 7.94. The SMILES string of the molecule is CCNC(=NCCOCC1CC1)NC1CCCC(SCC)C1. The second kappa shape index (κ2) is 10.4. The van der Waals surface area contributed by atoms with Crippen LogP contribution in [0.3, 0.4) is 0 Å². The van der Waals surface area contributed by atoms with Crippen LogP contribution in [-0.4, -0.2) is 49.3 Å². The number of nitrogens with zero attached hydrogens (tertiary/aromatic N) is 1. The number of guanidine groups is 1. The van der Waals surface area contributed by atoms with Gasteiger partial charge in [0, 0.05) is 24.4 Å². The normalized spacial score (nSPS) is 26.0. The van der Waals surface area contributed by atoms with Gasteiger partial charge in [-0.05, 0) is 50.7 Å². The van der Waals surface area contributed by atoms with Gasteiger partial charge in [0.15, 0.2) is 5.96 Å². The Labute approximate surface area is 140 Å². The van der Waals surface area contributed by atoms with Crippen LogP contribution in [0.15, 0.2) is 4.99 Å². The molecular formula is C17H33N3OS. The number of hydrogen-bond acceptors (Lipinski definition) is 3. The molecule has 0 bridgehead atoms. The molecular weight excluding hydrogens is 294 g/mol. The van der Waals surface area contributed by atoms with Gasteiger partial charge in [-0.2, -0.15) is 11.8 Å². The van der Waals surface area contributed by atoms with Crippen molar-refractivity contribution in [3.8, 4) is 0 Å². The lowest BCUT2D eigenvalue weighted by Gasteiger charge is -2.30. The highest BCUT2D eigenvalue weighted by molar-refractivity contribution is 7.99. The zero-order chi connectivity index (χ0) is 15.6. The molecule has 2 unspecified atom stereocenters. The van der Waals surface area contributed by atoms with Crippen LogP contribution in [0.2, 0.25) is 0 Å². The quantitative estimate of drug-likeness (QED) is 0.388. The predicted octanol–water partition coefficient (Wildman–Crippen LogP) is 3.03. The first-order valence-corrected chi connectivity index (χ1v) is 10.1. The number of thioether (sulfide) groups is 1. The molecule has 0 amide bonds. The first kappa shape index (κ1) is 17.9. The zero-order valence-electron chi connectivity index (χ0n) is 14.3. The van der Waals surface area contributed by atoms with Crippen molar-refractivity contribution in [2.45, 2.75) is 63.7 Å². The monoisotopic (exact) mass is 327 g/mol. The fourth-order valence-electron chi connectivity index (χ4n) is 2.93. The van der Waals surface area contributed by atoms with Gasteiger partial charge in [-0.25, -0.2) is 0 Å². The molecule has 2 rings (SSSR count). The Morgan fingerprint density at radius 2 is 2.09 bits per heavy atom. The summed E-state index contributed by atoms with van der Waals surface area (Å²) in [6, 6.07) is 0.572. The van der Waals surface area contributed by atoms with Crippen LogP contribution < -0.4 is 10.6 Å². The Balaban J connectivity index is 1.68. The van der Waals surface area contributed by atoms with Crippen molar-refractivity contribution in [3.05, 3.63) is 0 Å². The van der Waals surface area contributed by atoms with E-state index in [1.165, 1.54) is 44.3 Å². The molecule has 128 valence electrons. The van der Waals surface area contributed by atoms with Gasteiger partial charge in [-0.3, -0.25) is 4.99 Å². The summed E-state index contributed by atoms with van der Waals surface area (Å²) in [5.41, 5.74) is 0. The molecule has 2 fully saturated rings. The largest absolute Gasteiger partial charge is 0.379 e. The van der Waals surface area contributed by atoms with Crippen LogP contribution in [0.1, 0.15) is 52.4 Å². The molecule has 2 N–H and O–H groups in total. The molecule has 2 atom stereocenters. The summed E-state index contributed by atoms with van der Waals surface area (Å²) in [5.74, 6) is 3.03. The van der Waals surface area contributed by atoms with Crippen LogP contribution in [0.5, 0.6) is 0 Å². The lowest BCUT2D eigenvalue weighted by Crippen LogP contribution is -2.45. The fourth-order valence-corrected chi connectivity index (χ4v) is 4.11. The number of nitrogens with one attached hydrogen (secondary N) is 2. The van der Waals surface area contributed by atoms with Gasteiger partial charge in [-0.1, -0.05) is 13.3 Å². The highest BCUT2D eigenvalue weighted by Crippen LogP contribution is 2.29. The lowest BCUT2D eigenvalue weighted by molar-refractivity contribution is 0.131. The van der Waals surface area contributed by atoms with Gasteiger partial charge in [0.2, 0.25) is 0 Å². The summed E-state index contributed by atoms with van der Waals surface area (Å²) in [6.07, 6.45) is 7.95. The summed E-state index contributed by atoms with van der Waals surface area (Å²) in [5, 5.41) is 7.81. The van der Waals surface area contributed by atoms with E-state index in [2.05, 4.69) is 41.2 Å². The van der Waals surface area contributed by atoms with E-state index in [4.69, 9.17) is 4.74 Å². The van der Waals surface area contributed by atoms with Crippen molar-refractivity contribution in [2.24, 2.45) is 10.9 Å². The minimum Gasteiger partial charge on any atom is -0.379 e. The Morgan fingerprint density at radius 3 is 2.82 bits per heavy atom. The van der Waals surface area contributed by atoms with Crippen molar-refractivity contribution in [1.82, 2.24) is 10.6 Å². The molecule has 2 aliphatic carbocycles. The molecule has 0 aromatic carbocycles. The number of ether oxygens (including phenoxy) is 1. The molecule has 5 heteroatoms. The van der Waals surface area contributed by atoms with Gasteiger partial charge in [0.1, 0.15) is 0 Å². The van der Waals surface area contributed by atoms with Gasteiger partial charge >= 0.3 is 0 Å². The molecule has 4 nitrogen and oxygen atoms in total. The van der Waals surface area contributed by atoms with E-state index in [1.807, 2.05) is 0 Å². The Kier molecular flexibility index (Phi) is 8.45. The van der Waals surface area contributed by atoms with Gasteiger partial charge in [0.25, 0.3) is 0 Å². The Morgan fingerprint density at radius 1 is 1.23 bits per heavy atom. The average Bonchev–Trinajstić information content (AvgIpc) is 3.32. The number of rotatable bonds is 9. The smallest absolute Gasteiger partial charge is 0.191 e. The van der Waals surface area contributed by atoms with Crippen LogP contribution >= 0.6 is 11.8 Å². The summed E-state index contributed by atoms with van der Waals surface area (Å²) < 4.78 is 5.66. The molecule has 0 saturated heterocycles. The van der Waals surface area contributed by atoms with Crippen molar-refractivity contribution in [1.29, 1.82) is 0 Å². The van der Waals surface area contributed by atoms with Crippen molar-refractivity contribution < 1.29 is 4.74 Å². The van der Waals surface area contributed by atoms with Crippen LogP contribution in [-0.2, 0) is 4.74 Å². The second-order valence-electron chi connectivity index (χ2n) is 6.36. The van der Waals surface area contributed by atoms with E-state index in [0.717, 1.165) is 43.4 Å². The molecule has 0 spiro atoms. The zero-order valence-corrected chi connectivity index (χ0v) is 15.1. The summed E-state index contributed by atoms with van der Waals surface area (Å²) in [6.45, 7) is 7.72. The molecule has 0 aromatic rings. The summed E-state index contributed by atoms with van der Waals surface area (Å²) in [7, 11) is 0. The third kappa shape index (κ3) is 7.23. The fraction of sp³-hybridized carbons (Fsp3) is 0.941. The minimum atomic E-state index is 0.572. The number of hydrogen-bond donors (Lipinski definition) is 2. The van der Waals surface area contributed by atoms with Crippen LogP contribution in [0.4, 0.5) is 0 Å². The van der Waals surface area contributed by atoms with Crippen LogP contribution in [0.25, 0.3) is 0 Å². The van der Waals surface area contributed by atoms with E-state index in [9.17, 15) is 0 Å². The molecule has 22 heavy (non-hydrogen) atoms. The maximum absolute atomic E-state index is 5.66. The van der Waals surface area contributed by atoms with Crippen LogP contribution in [0, 0.1) is 5.92 Å². The van der Waals surface area contributed by atoms with Gasteiger partial charge in [-0.15, -0.1) is 0 Å². The molecule has 0 heterocycles. The van der Waals surface area contributed by atoms with E-state index < -0.39 is 0 Å². The molecule has 2 saturated carbocycles. The van der Waals surface area contributed by atoms with Gasteiger partial charge in [0.05, 0.1) is 13.2 Å². The molecule has 2 aliphatic rings. The highest BCUT2D eigenvalue weighted by atomic mass is 32.2. The van der Waals surface area contributed by atoms with Crippen molar-refractivity contribution >= 4 is 17.7 Å². The van der Waals surface area contributed by atoms with Crippen molar-refractivity contribution in [2.75, 3.05) is 32.1 Å². The predicted molar refractivity (Wildman–Crippen MR) is 96.8 cm³/mol. The summed E-state index contributed by atoms with van der Waals surface area (Å²) in [4.78, 5) is 4.66. The topological polar surface area (TPSA) is 45.7 Å². The Hall–Kier alpha value is -0.420. The standard InChI is InChI=1S/C17H33N3OS/c1-3-18-17(19-10-11-21-13-14-8-9-14)20-15-6-5-7-16(12-15)22-4-2/h14-16H,3-13H2,1-2H3,(H2,18,19,20). The third-order valence-corrected chi connectivity index (χ3v) is 5.50. The van der Waals surface area contributed by atoms with E-state index in [0.29, 0.717) is 6.04 Å². The first-order chi connectivity index (χ1) is 10.8. The Bertz CT molecular complexity index is 332. The molecule has 0 aromatic heterocycles. The number of aliphatic imine (C=N–C) groups is 1. The maximum atomic E-state index is 5.66. The summed E-state index contributed by atoms with van der Waals surface area (Å²) >= 11 is 2.11. The molecule has 0 radical (unpaired) electrons. The third-order valence-electron chi connectivity index (χ3n) is 4.27. The van der Waals surface area contributed by atoms with E-state index >= 15 is 0 Å². The minimum absolute atomic E-state index is 0.572. The van der Waals surface area contributed by atoms with E-state index in [-0.39, 0.29) is 0 Å². The molecule has 0 aliphatic heterocycles. The van der Waals surface area contributed by atoms with E-state index in [1.54, 1.807) is 0 Å². The van der Waals surface area contributed by atoms with Gasteiger partial charge < -0.3 is 15.4 Å². The maximum Gasteiger partial charge on any atom is 0.191 e.